The number of ether oxygens (including phenoxy) is 2. The molecule has 0 spiro atoms. The Kier molecular flexibility index (Phi) is 5.14. The lowest BCUT2D eigenvalue weighted by Crippen LogP contribution is -2.45. The van der Waals surface area contributed by atoms with E-state index in [1.807, 2.05) is 6.07 Å². The third-order valence-corrected chi connectivity index (χ3v) is 3.53. The summed E-state index contributed by atoms with van der Waals surface area (Å²) in [7, 11) is 1.53. The summed E-state index contributed by atoms with van der Waals surface area (Å²) < 4.78 is 10.5. The van der Waals surface area contributed by atoms with Crippen LogP contribution in [0, 0.1) is 11.3 Å². The average molecular weight is 290 g/mol. The fourth-order valence-electron chi connectivity index (χ4n) is 2.46. The fraction of sp³-hybridized carbons (Fsp3) is 0.467. The quantitative estimate of drug-likeness (QED) is 0.878. The highest BCUT2D eigenvalue weighted by molar-refractivity contribution is 5.67. The summed E-state index contributed by atoms with van der Waals surface area (Å²) in [5, 5.41) is 18.1. The Morgan fingerprint density at radius 3 is 3.10 bits per heavy atom. The molecule has 1 heterocycles. The van der Waals surface area contributed by atoms with Crippen molar-refractivity contribution in [2.75, 3.05) is 26.9 Å². The molecule has 21 heavy (non-hydrogen) atoms. The van der Waals surface area contributed by atoms with Crippen LogP contribution in [0.25, 0.3) is 0 Å². The van der Waals surface area contributed by atoms with Crippen molar-refractivity contribution in [1.82, 2.24) is 4.90 Å². The minimum atomic E-state index is -0.831. The smallest absolute Gasteiger partial charge is 0.305 e. The highest BCUT2D eigenvalue weighted by atomic mass is 16.5. The van der Waals surface area contributed by atoms with Gasteiger partial charge >= 0.3 is 5.97 Å². The molecule has 0 radical (unpaired) electrons. The van der Waals surface area contributed by atoms with Crippen molar-refractivity contribution in [2.24, 2.45) is 0 Å². The van der Waals surface area contributed by atoms with Gasteiger partial charge in [0.05, 0.1) is 32.3 Å². The number of carboxylic acid groups (broad SMARTS) is 1. The molecule has 1 aromatic carbocycles. The number of benzene rings is 1. The summed E-state index contributed by atoms with van der Waals surface area (Å²) in [5.74, 6) is -0.284. The molecule has 1 fully saturated rings. The molecule has 1 aliphatic rings. The first-order valence-corrected chi connectivity index (χ1v) is 6.74. The van der Waals surface area contributed by atoms with Gasteiger partial charge in [-0.1, -0.05) is 6.07 Å². The molecule has 0 saturated carbocycles. The van der Waals surface area contributed by atoms with Crippen molar-refractivity contribution in [3.63, 3.8) is 0 Å². The molecule has 0 bridgehead atoms. The van der Waals surface area contributed by atoms with Crippen LogP contribution in [-0.2, 0) is 16.1 Å². The molecule has 1 N–H and O–H groups in total. The van der Waals surface area contributed by atoms with Gasteiger partial charge in [-0.2, -0.15) is 5.26 Å². The largest absolute Gasteiger partial charge is 0.495 e. The van der Waals surface area contributed by atoms with Crippen LogP contribution in [0.1, 0.15) is 17.5 Å². The minimum absolute atomic E-state index is 0.0568. The molecule has 112 valence electrons. The summed E-state index contributed by atoms with van der Waals surface area (Å²) in [4.78, 5) is 13.0. The second-order valence-corrected chi connectivity index (χ2v) is 4.94. The molecule has 0 aliphatic carbocycles. The Bertz CT molecular complexity index is 553. The Balaban J connectivity index is 2.12. The summed E-state index contributed by atoms with van der Waals surface area (Å²) in [6.07, 6.45) is 0.0568. The molecular weight excluding hydrogens is 272 g/mol. The Labute approximate surface area is 123 Å². The number of morpholine rings is 1. The van der Waals surface area contributed by atoms with E-state index in [0.29, 0.717) is 37.6 Å². The third kappa shape index (κ3) is 3.94. The first-order chi connectivity index (χ1) is 10.1. The van der Waals surface area contributed by atoms with Gasteiger partial charge < -0.3 is 14.6 Å². The van der Waals surface area contributed by atoms with E-state index in [1.165, 1.54) is 7.11 Å². The summed E-state index contributed by atoms with van der Waals surface area (Å²) in [5.41, 5.74) is 1.45. The highest BCUT2D eigenvalue weighted by Gasteiger charge is 2.25. The van der Waals surface area contributed by atoms with E-state index in [-0.39, 0.29) is 12.5 Å². The first kappa shape index (κ1) is 15.3. The molecule has 1 atom stereocenters. The van der Waals surface area contributed by atoms with E-state index in [4.69, 9.17) is 19.8 Å². The molecule has 1 unspecified atom stereocenters. The summed E-state index contributed by atoms with van der Waals surface area (Å²) in [6, 6.07) is 7.41. The van der Waals surface area contributed by atoms with Crippen LogP contribution in [0.4, 0.5) is 0 Å². The minimum Gasteiger partial charge on any atom is -0.495 e. The summed E-state index contributed by atoms with van der Waals surface area (Å²) >= 11 is 0. The van der Waals surface area contributed by atoms with E-state index in [9.17, 15) is 4.79 Å². The van der Waals surface area contributed by atoms with Crippen LogP contribution < -0.4 is 4.74 Å². The van der Waals surface area contributed by atoms with E-state index in [0.717, 1.165) is 5.56 Å². The number of nitriles is 1. The van der Waals surface area contributed by atoms with Gasteiger partial charge in [0.1, 0.15) is 11.8 Å². The normalized spacial score (nSPS) is 19.0. The second kappa shape index (κ2) is 7.07. The van der Waals surface area contributed by atoms with E-state index < -0.39 is 5.97 Å². The predicted molar refractivity (Wildman–Crippen MR) is 75.0 cm³/mol. The van der Waals surface area contributed by atoms with Crippen LogP contribution in [0.5, 0.6) is 5.75 Å². The van der Waals surface area contributed by atoms with Gasteiger partial charge in [0.25, 0.3) is 0 Å². The molecule has 0 amide bonds. The Morgan fingerprint density at radius 2 is 2.43 bits per heavy atom. The number of carbonyl (C=O) groups is 1. The van der Waals surface area contributed by atoms with Gasteiger partial charge in [-0.3, -0.25) is 9.69 Å². The van der Waals surface area contributed by atoms with Crippen molar-refractivity contribution >= 4 is 5.97 Å². The lowest BCUT2D eigenvalue weighted by Gasteiger charge is -2.34. The van der Waals surface area contributed by atoms with Crippen LogP contribution in [-0.4, -0.2) is 48.9 Å². The SMILES string of the molecule is COc1ccc(CN2CCOCC2CC(=O)O)cc1C#N. The average Bonchev–Trinajstić information content (AvgIpc) is 2.48. The lowest BCUT2D eigenvalue weighted by molar-refractivity contribution is -0.140. The van der Waals surface area contributed by atoms with Crippen molar-refractivity contribution in [3.05, 3.63) is 29.3 Å². The topological polar surface area (TPSA) is 82.8 Å². The molecule has 1 aromatic rings. The molecular formula is C15H18N2O4. The van der Waals surface area contributed by atoms with E-state index >= 15 is 0 Å². The van der Waals surface area contributed by atoms with Gasteiger partial charge in [0.15, 0.2) is 0 Å². The Hall–Kier alpha value is -2.10. The fourth-order valence-corrected chi connectivity index (χ4v) is 2.46. The molecule has 2 rings (SSSR count). The van der Waals surface area contributed by atoms with E-state index in [2.05, 4.69) is 11.0 Å². The maximum absolute atomic E-state index is 10.9. The van der Waals surface area contributed by atoms with Gasteiger partial charge in [-0.05, 0) is 17.7 Å². The maximum atomic E-state index is 10.9. The summed E-state index contributed by atoms with van der Waals surface area (Å²) in [6.45, 7) is 2.30. The van der Waals surface area contributed by atoms with Crippen LogP contribution in [0.3, 0.4) is 0 Å². The zero-order valence-corrected chi connectivity index (χ0v) is 11.9. The van der Waals surface area contributed by atoms with E-state index in [1.54, 1.807) is 12.1 Å². The van der Waals surface area contributed by atoms with Crippen LogP contribution in [0.2, 0.25) is 0 Å². The van der Waals surface area contributed by atoms with Crippen molar-refractivity contribution in [2.45, 2.75) is 19.0 Å². The second-order valence-electron chi connectivity index (χ2n) is 4.94. The van der Waals surface area contributed by atoms with Gasteiger partial charge in [0.2, 0.25) is 0 Å². The molecule has 1 saturated heterocycles. The lowest BCUT2D eigenvalue weighted by atomic mass is 10.1. The van der Waals surface area contributed by atoms with Crippen molar-refractivity contribution < 1.29 is 19.4 Å². The highest BCUT2D eigenvalue weighted by Crippen LogP contribution is 2.21. The van der Waals surface area contributed by atoms with Crippen LogP contribution in [0.15, 0.2) is 18.2 Å². The molecule has 1 aliphatic heterocycles. The van der Waals surface area contributed by atoms with Crippen molar-refractivity contribution in [3.8, 4) is 11.8 Å². The Morgan fingerprint density at radius 1 is 1.62 bits per heavy atom. The monoisotopic (exact) mass is 290 g/mol. The third-order valence-electron chi connectivity index (χ3n) is 3.53. The zero-order valence-electron chi connectivity index (χ0n) is 11.9. The first-order valence-electron chi connectivity index (χ1n) is 6.74. The number of hydrogen-bond donors (Lipinski definition) is 1. The number of rotatable bonds is 5. The van der Waals surface area contributed by atoms with Gasteiger partial charge in [0, 0.05) is 19.1 Å². The zero-order chi connectivity index (χ0) is 15.2. The number of nitrogens with zero attached hydrogens (tertiary/aromatic N) is 2. The molecule has 6 nitrogen and oxygen atoms in total. The standard InChI is InChI=1S/C15H18N2O4/c1-20-14-3-2-11(6-12(14)8-16)9-17-4-5-21-10-13(17)7-15(18)19/h2-3,6,13H,4-5,7,9-10H2,1H3,(H,18,19). The number of aliphatic carboxylic acids is 1. The molecule has 0 aromatic heterocycles. The van der Waals surface area contributed by atoms with Crippen molar-refractivity contribution in [1.29, 1.82) is 5.26 Å². The molecule has 6 heteroatoms. The van der Waals surface area contributed by atoms with Gasteiger partial charge in [-0.25, -0.2) is 0 Å². The predicted octanol–water partition coefficient (Wildman–Crippen LogP) is 1.24. The number of hydrogen-bond acceptors (Lipinski definition) is 5. The number of methoxy groups -OCH3 is 1. The number of carboxylic acids is 1. The maximum Gasteiger partial charge on any atom is 0.305 e. The van der Waals surface area contributed by atoms with Crippen LogP contribution >= 0.6 is 0 Å². The van der Waals surface area contributed by atoms with Gasteiger partial charge in [-0.15, -0.1) is 0 Å².